The summed E-state index contributed by atoms with van der Waals surface area (Å²) in [7, 11) is 0. The molecule has 4 rings (SSSR count). The maximum Gasteiger partial charge on any atom is 0.272 e. The summed E-state index contributed by atoms with van der Waals surface area (Å²) < 4.78 is 11.3. The molecule has 6 nitrogen and oxygen atoms in total. The molecule has 1 heterocycles. The van der Waals surface area contributed by atoms with Crippen molar-refractivity contribution in [2.75, 3.05) is 12.1 Å². The van der Waals surface area contributed by atoms with Crippen LogP contribution in [0.2, 0.25) is 10.0 Å². The molecule has 3 aromatic rings. The van der Waals surface area contributed by atoms with Crippen molar-refractivity contribution < 1.29 is 19.1 Å². The molecule has 32 heavy (non-hydrogen) atoms. The fourth-order valence-electron chi connectivity index (χ4n) is 2.94. The van der Waals surface area contributed by atoms with Crippen LogP contribution in [0.4, 0.5) is 5.69 Å². The van der Waals surface area contributed by atoms with Gasteiger partial charge in [-0.25, -0.2) is 0 Å². The zero-order chi connectivity index (χ0) is 22.7. The zero-order valence-corrected chi connectivity index (χ0v) is 19.4. The van der Waals surface area contributed by atoms with Gasteiger partial charge in [0.2, 0.25) is 6.79 Å². The van der Waals surface area contributed by atoms with E-state index in [4.69, 9.17) is 32.7 Å². The molecule has 2 N–H and O–H groups in total. The minimum Gasteiger partial charge on any atom is -0.454 e. The van der Waals surface area contributed by atoms with Gasteiger partial charge in [0.05, 0.1) is 16.3 Å². The van der Waals surface area contributed by atoms with Crippen molar-refractivity contribution in [2.45, 2.75) is 0 Å². The fraction of sp³-hybridized carbons (Fsp3) is 0.0435. The molecule has 0 spiro atoms. The molecule has 0 aliphatic carbocycles. The molecule has 0 radical (unpaired) electrons. The lowest BCUT2D eigenvalue weighted by Gasteiger charge is -2.13. The number of carbonyl (C=O) groups is 2. The van der Waals surface area contributed by atoms with E-state index in [0.717, 1.165) is 0 Å². The second kappa shape index (κ2) is 9.65. The highest BCUT2D eigenvalue weighted by Gasteiger charge is 2.19. The first-order chi connectivity index (χ1) is 15.4. The van der Waals surface area contributed by atoms with Gasteiger partial charge in [0.25, 0.3) is 11.8 Å². The predicted octanol–water partition coefficient (Wildman–Crippen LogP) is 5.89. The molecule has 1 aliphatic rings. The third-order valence-electron chi connectivity index (χ3n) is 4.50. The fourth-order valence-corrected chi connectivity index (χ4v) is 3.86. The summed E-state index contributed by atoms with van der Waals surface area (Å²) in [5.41, 5.74) is 1.37. The smallest absolute Gasteiger partial charge is 0.272 e. The van der Waals surface area contributed by atoms with Gasteiger partial charge in [-0.3, -0.25) is 9.59 Å². The Morgan fingerprint density at radius 1 is 0.969 bits per heavy atom. The normalized spacial score (nSPS) is 12.4. The van der Waals surface area contributed by atoms with Gasteiger partial charge in [0.15, 0.2) is 11.5 Å². The van der Waals surface area contributed by atoms with Crippen LogP contribution in [-0.4, -0.2) is 18.6 Å². The number of hydrogen-bond donors (Lipinski definition) is 2. The maximum atomic E-state index is 13.1. The van der Waals surface area contributed by atoms with Crippen molar-refractivity contribution in [1.29, 1.82) is 0 Å². The maximum absolute atomic E-state index is 13.1. The van der Waals surface area contributed by atoms with Crippen LogP contribution in [0.25, 0.3) is 6.08 Å². The molecule has 1 aliphatic heterocycles. The van der Waals surface area contributed by atoms with Crippen LogP contribution in [-0.2, 0) is 4.79 Å². The highest BCUT2D eigenvalue weighted by atomic mass is 79.9. The van der Waals surface area contributed by atoms with Crippen LogP contribution in [0.5, 0.6) is 11.5 Å². The SMILES string of the molecule is O=C(Nc1ccc(Cl)cc1Cl)C(=Cc1ccc2c(c1)OCO2)NC(=O)c1ccccc1Br. The number of fused-ring (bicyclic) bond motifs is 1. The Morgan fingerprint density at radius 3 is 2.53 bits per heavy atom. The van der Waals surface area contributed by atoms with Gasteiger partial charge < -0.3 is 20.1 Å². The summed E-state index contributed by atoms with van der Waals surface area (Å²) in [6, 6.07) is 16.8. The van der Waals surface area contributed by atoms with Crippen LogP contribution in [0, 0.1) is 0 Å². The van der Waals surface area contributed by atoms with E-state index in [-0.39, 0.29) is 17.5 Å². The van der Waals surface area contributed by atoms with E-state index in [1.807, 2.05) is 0 Å². The number of benzene rings is 3. The van der Waals surface area contributed by atoms with E-state index in [0.29, 0.717) is 37.8 Å². The number of ether oxygens (including phenoxy) is 2. The lowest BCUT2D eigenvalue weighted by atomic mass is 10.1. The van der Waals surface area contributed by atoms with Gasteiger partial charge in [-0.15, -0.1) is 0 Å². The molecule has 0 atom stereocenters. The monoisotopic (exact) mass is 532 g/mol. The van der Waals surface area contributed by atoms with Crippen LogP contribution in [0.1, 0.15) is 15.9 Å². The van der Waals surface area contributed by atoms with Crippen LogP contribution in [0.15, 0.2) is 70.8 Å². The molecule has 3 aromatic carbocycles. The van der Waals surface area contributed by atoms with Gasteiger partial charge in [-0.05, 0) is 70.0 Å². The molecular formula is C23H15BrCl2N2O4. The number of amides is 2. The minimum absolute atomic E-state index is 0.00985. The van der Waals surface area contributed by atoms with Crippen molar-refractivity contribution in [2.24, 2.45) is 0 Å². The van der Waals surface area contributed by atoms with E-state index in [1.54, 1.807) is 54.6 Å². The lowest BCUT2D eigenvalue weighted by Crippen LogP contribution is -2.31. The third kappa shape index (κ3) is 5.07. The number of hydrogen-bond acceptors (Lipinski definition) is 4. The van der Waals surface area contributed by atoms with Crippen LogP contribution < -0.4 is 20.1 Å². The Kier molecular flexibility index (Phi) is 6.69. The van der Waals surface area contributed by atoms with Gasteiger partial charge in [-0.2, -0.15) is 0 Å². The van der Waals surface area contributed by atoms with E-state index < -0.39 is 11.8 Å². The van der Waals surface area contributed by atoms with E-state index in [9.17, 15) is 9.59 Å². The van der Waals surface area contributed by atoms with E-state index >= 15 is 0 Å². The highest BCUT2D eigenvalue weighted by Crippen LogP contribution is 2.33. The average molecular weight is 534 g/mol. The average Bonchev–Trinajstić information content (AvgIpc) is 3.23. The van der Waals surface area contributed by atoms with Crippen molar-refractivity contribution >= 4 is 62.7 Å². The number of rotatable bonds is 5. The number of halogens is 3. The number of anilines is 1. The van der Waals surface area contributed by atoms with Crippen LogP contribution >= 0.6 is 39.1 Å². The summed E-state index contributed by atoms with van der Waals surface area (Å²) in [5, 5.41) is 6.09. The van der Waals surface area contributed by atoms with Crippen LogP contribution in [0.3, 0.4) is 0 Å². The first-order valence-corrected chi connectivity index (χ1v) is 10.9. The number of nitrogens with one attached hydrogen (secondary N) is 2. The van der Waals surface area contributed by atoms with Gasteiger partial charge in [0.1, 0.15) is 5.70 Å². The first kappa shape index (κ1) is 22.2. The molecule has 2 amide bonds. The Hall–Kier alpha value is -3.00. The summed E-state index contributed by atoms with van der Waals surface area (Å²) in [5.74, 6) is 0.142. The molecular weight excluding hydrogens is 519 g/mol. The Morgan fingerprint density at radius 2 is 1.75 bits per heavy atom. The highest BCUT2D eigenvalue weighted by molar-refractivity contribution is 9.10. The lowest BCUT2D eigenvalue weighted by molar-refractivity contribution is -0.113. The molecule has 0 aromatic heterocycles. The summed E-state index contributed by atoms with van der Waals surface area (Å²) in [6.45, 7) is 0.129. The number of carbonyl (C=O) groups excluding carboxylic acids is 2. The molecule has 0 saturated heterocycles. The largest absolute Gasteiger partial charge is 0.454 e. The van der Waals surface area contributed by atoms with E-state index in [2.05, 4.69) is 26.6 Å². The van der Waals surface area contributed by atoms with Gasteiger partial charge >= 0.3 is 0 Å². The molecule has 0 unspecified atom stereocenters. The van der Waals surface area contributed by atoms with E-state index in [1.165, 1.54) is 12.1 Å². The van der Waals surface area contributed by atoms with Gasteiger partial charge in [0, 0.05) is 9.50 Å². The predicted molar refractivity (Wildman–Crippen MR) is 127 cm³/mol. The van der Waals surface area contributed by atoms with Crippen molar-refractivity contribution in [3.05, 3.63) is 92.0 Å². The topological polar surface area (TPSA) is 76.7 Å². The van der Waals surface area contributed by atoms with Crippen molar-refractivity contribution in [3.8, 4) is 11.5 Å². The Balaban J connectivity index is 1.66. The summed E-state index contributed by atoms with van der Waals surface area (Å²) in [6.07, 6.45) is 1.54. The Labute approximate surface area is 202 Å². The molecule has 0 fully saturated rings. The molecule has 162 valence electrons. The standard InChI is InChI=1S/C23H15BrCl2N2O4/c24-16-4-2-1-3-15(16)22(29)28-19(9-13-5-8-20-21(10-13)32-12-31-20)23(30)27-18-7-6-14(25)11-17(18)26/h1-11H,12H2,(H,27,30)(H,28,29). The van der Waals surface area contributed by atoms with Gasteiger partial charge in [-0.1, -0.05) is 41.4 Å². The quantitative estimate of drug-likeness (QED) is 0.401. The Bertz CT molecular complexity index is 1250. The minimum atomic E-state index is -0.563. The molecule has 0 saturated carbocycles. The summed E-state index contributed by atoms with van der Waals surface area (Å²) >= 11 is 15.5. The zero-order valence-electron chi connectivity index (χ0n) is 16.3. The second-order valence-corrected chi connectivity index (χ2v) is 8.38. The summed E-state index contributed by atoms with van der Waals surface area (Å²) in [4.78, 5) is 26.0. The van der Waals surface area contributed by atoms with Crippen molar-refractivity contribution in [3.63, 3.8) is 0 Å². The van der Waals surface area contributed by atoms with Crippen molar-refractivity contribution in [1.82, 2.24) is 5.32 Å². The molecule has 9 heteroatoms. The third-order valence-corrected chi connectivity index (χ3v) is 5.74. The second-order valence-electron chi connectivity index (χ2n) is 6.68. The molecule has 0 bridgehead atoms. The first-order valence-electron chi connectivity index (χ1n) is 9.34.